The van der Waals surface area contributed by atoms with Gasteiger partial charge in [-0.3, -0.25) is 4.79 Å². The van der Waals surface area contributed by atoms with Crippen LogP contribution in [0.25, 0.3) is 11.3 Å². The molecule has 0 aliphatic rings. The van der Waals surface area contributed by atoms with E-state index in [9.17, 15) is 4.79 Å². The molecule has 0 spiro atoms. The molecule has 0 N–H and O–H groups in total. The second-order valence-electron chi connectivity index (χ2n) is 6.57. The van der Waals surface area contributed by atoms with Gasteiger partial charge in [-0.25, -0.2) is 0 Å². The van der Waals surface area contributed by atoms with E-state index in [-0.39, 0.29) is 0 Å². The van der Waals surface area contributed by atoms with Crippen LogP contribution in [0, 0.1) is 13.8 Å². The van der Waals surface area contributed by atoms with Crippen molar-refractivity contribution in [1.82, 2.24) is 4.57 Å². The number of carbonyl (C=O) groups excluding carboxylic acids is 1. The van der Waals surface area contributed by atoms with Crippen molar-refractivity contribution in [3.8, 4) is 17.0 Å². The molecule has 0 saturated heterocycles. The second kappa shape index (κ2) is 8.05. The first-order chi connectivity index (χ1) is 12.7. The van der Waals surface area contributed by atoms with Gasteiger partial charge in [-0.05, 0) is 73.2 Å². The average Bonchev–Trinajstić information content (AvgIpc) is 2.92. The van der Waals surface area contributed by atoms with E-state index in [1.54, 1.807) is 7.11 Å². The Hall–Kier alpha value is -2.81. The van der Waals surface area contributed by atoms with Gasteiger partial charge < -0.3 is 9.30 Å². The molecule has 3 heteroatoms. The molecule has 0 unspecified atom stereocenters. The van der Waals surface area contributed by atoms with Gasteiger partial charge in [0.05, 0.1) is 18.5 Å². The van der Waals surface area contributed by atoms with Crippen molar-refractivity contribution in [2.75, 3.05) is 7.11 Å². The lowest BCUT2D eigenvalue weighted by Gasteiger charge is -2.13. The number of aldehydes is 1. The van der Waals surface area contributed by atoms with Gasteiger partial charge in [0.1, 0.15) is 5.75 Å². The fraction of sp³-hybridized carbons (Fsp3) is 0.261. The molecule has 2 aromatic carbocycles. The Bertz CT molecular complexity index is 877. The number of hydrogen-bond acceptors (Lipinski definition) is 2. The first-order valence-corrected chi connectivity index (χ1v) is 8.99. The van der Waals surface area contributed by atoms with Crippen LogP contribution in [0.2, 0.25) is 0 Å². The monoisotopic (exact) mass is 347 g/mol. The van der Waals surface area contributed by atoms with E-state index >= 15 is 0 Å². The van der Waals surface area contributed by atoms with E-state index in [2.05, 4.69) is 47.9 Å². The third-order valence-corrected chi connectivity index (χ3v) is 5.03. The molecule has 134 valence electrons. The minimum atomic E-state index is 0.779. The van der Waals surface area contributed by atoms with Gasteiger partial charge in [-0.2, -0.15) is 0 Å². The molecule has 0 amide bonds. The Balaban J connectivity index is 1.91. The average molecular weight is 347 g/mol. The van der Waals surface area contributed by atoms with E-state index in [1.165, 1.54) is 5.56 Å². The van der Waals surface area contributed by atoms with E-state index in [0.717, 1.165) is 59.5 Å². The third-order valence-electron chi connectivity index (χ3n) is 5.03. The molecular weight excluding hydrogens is 322 g/mol. The van der Waals surface area contributed by atoms with Crippen LogP contribution in [0.15, 0.2) is 54.6 Å². The molecule has 0 aliphatic carbocycles. The van der Waals surface area contributed by atoms with Crippen molar-refractivity contribution < 1.29 is 9.53 Å². The zero-order chi connectivity index (χ0) is 18.5. The molecule has 0 radical (unpaired) electrons. The molecule has 3 rings (SSSR count). The number of rotatable bonds is 7. The van der Waals surface area contributed by atoms with Crippen molar-refractivity contribution >= 4 is 6.29 Å². The van der Waals surface area contributed by atoms with E-state index in [1.807, 2.05) is 25.1 Å². The molecule has 0 aliphatic heterocycles. The molecule has 0 saturated carbocycles. The summed E-state index contributed by atoms with van der Waals surface area (Å²) in [5.41, 5.74) is 6.56. The van der Waals surface area contributed by atoms with Crippen molar-refractivity contribution in [3.63, 3.8) is 0 Å². The number of aryl methyl sites for hydroxylation is 1. The molecule has 0 fully saturated rings. The number of methoxy groups -OCH3 is 1. The van der Waals surface area contributed by atoms with E-state index in [0.29, 0.717) is 0 Å². The highest BCUT2D eigenvalue weighted by Crippen LogP contribution is 2.31. The van der Waals surface area contributed by atoms with Crippen LogP contribution in [0.1, 0.15) is 33.6 Å². The number of aromatic nitrogens is 1. The van der Waals surface area contributed by atoms with Crippen LogP contribution in [0.5, 0.6) is 5.75 Å². The molecule has 26 heavy (non-hydrogen) atoms. The lowest BCUT2D eigenvalue weighted by atomic mass is 10.1. The predicted octanol–water partition coefficient (Wildman–Crippen LogP) is 5.23. The predicted molar refractivity (Wildman–Crippen MR) is 106 cm³/mol. The number of hydrogen-bond donors (Lipinski definition) is 0. The van der Waals surface area contributed by atoms with Crippen molar-refractivity contribution in [3.05, 3.63) is 77.0 Å². The van der Waals surface area contributed by atoms with Gasteiger partial charge in [0, 0.05) is 6.54 Å². The smallest absolute Gasteiger partial charge is 0.166 e. The fourth-order valence-corrected chi connectivity index (χ4v) is 3.49. The zero-order valence-electron chi connectivity index (χ0n) is 15.7. The molecule has 1 aromatic heterocycles. The topological polar surface area (TPSA) is 31.2 Å². The van der Waals surface area contributed by atoms with Gasteiger partial charge in [0.15, 0.2) is 6.29 Å². The summed E-state index contributed by atoms with van der Waals surface area (Å²) in [7, 11) is 1.67. The van der Waals surface area contributed by atoms with Gasteiger partial charge >= 0.3 is 0 Å². The summed E-state index contributed by atoms with van der Waals surface area (Å²) in [6, 6.07) is 18.5. The SMILES string of the molecule is COc1ccc(-c2c(C)c(C)c(C=O)n2CCCc2ccccc2)cc1. The standard InChI is InChI=1S/C23H25NO2/c1-17-18(2)23(20-11-13-21(26-3)14-12-20)24(22(17)16-25)15-7-10-19-8-5-4-6-9-19/h4-6,8-9,11-14,16H,7,10,15H2,1-3H3. The molecule has 0 atom stereocenters. The van der Waals surface area contributed by atoms with Crippen LogP contribution in [0.4, 0.5) is 0 Å². The van der Waals surface area contributed by atoms with Crippen LogP contribution < -0.4 is 4.74 Å². The fourth-order valence-electron chi connectivity index (χ4n) is 3.49. The van der Waals surface area contributed by atoms with Gasteiger partial charge in [0.2, 0.25) is 0 Å². The Kier molecular flexibility index (Phi) is 5.57. The lowest BCUT2D eigenvalue weighted by Crippen LogP contribution is -2.06. The zero-order valence-corrected chi connectivity index (χ0v) is 15.7. The van der Waals surface area contributed by atoms with Crippen LogP contribution in [0.3, 0.4) is 0 Å². The largest absolute Gasteiger partial charge is 0.497 e. The van der Waals surface area contributed by atoms with Crippen LogP contribution in [-0.4, -0.2) is 18.0 Å². The summed E-state index contributed by atoms with van der Waals surface area (Å²) in [6.45, 7) is 4.94. The summed E-state index contributed by atoms with van der Waals surface area (Å²) >= 11 is 0. The summed E-state index contributed by atoms with van der Waals surface area (Å²) in [6.07, 6.45) is 2.97. The quantitative estimate of drug-likeness (QED) is 0.548. The first-order valence-electron chi connectivity index (χ1n) is 8.99. The summed E-state index contributed by atoms with van der Waals surface area (Å²) in [5, 5.41) is 0. The van der Waals surface area contributed by atoms with Crippen LogP contribution >= 0.6 is 0 Å². The number of carbonyl (C=O) groups is 1. The number of benzene rings is 2. The number of nitrogens with zero attached hydrogens (tertiary/aromatic N) is 1. The highest BCUT2D eigenvalue weighted by Gasteiger charge is 2.18. The second-order valence-corrected chi connectivity index (χ2v) is 6.57. The molecule has 1 heterocycles. The molecule has 3 aromatic rings. The highest BCUT2D eigenvalue weighted by atomic mass is 16.5. The molecular formula is C23H25NO2. The van der Waals surface area contributed by atoms with Gasteiger partial charge in [-0.1, -0.05) is 30.3 Å². The van der Waals surface area contributed by atoms with E-state index in [4.69, 9.17) is 4.74 Å². The van der Waals surface area contributed by atoms with Crippen LogP contribution in [-0.2, 0) is 13.0 Å². The summed E-state index contributed by atoms with van der Waals surface area (Å²) < 4.78 is 7.44. The first kappa shape index (κ1) is 18.0. The van der Waals surface area contributed by atoms with Crippen molar-refractivity contribution in [1.29, 1.82) is 0 Å². The lowest BCUT2D eigenvalue weighted by molar-refractivity contribution is 0.111. The Morgan fingerprint density at radius 1 is 0.962 bits per heavy atom. The maximum atomic E-state index is 11.7. The third kappa shape index (κ3) is 3.57. The van der Waals surface area contributed by atoms with E-state index < -0.39 is 0 Å². The normalized spacial score (nSPS) is 10.7. The minimum absolute atomic E-state index is 0.779. The number of ether oxygens (including phenoxy) is 1. The maximum Gasteiger partial charge on any atom is 0.166 e. The van der Waals surface area contributed by atoms with Gasteiger partial charge in [-0.15, -0.1) is 0 Å². The summed E-state index contributed by atoms with van der Waals surface area (Å²) in [5.74, 6) is 0.834. The molecule has 0 bridgehead atoms. The Morgan fingerprint density at radius 3 is 2.27 bits per heavy atom. The van der Waals surface area contributed by atoms with Crippen molar-refractivity contribution in [2.24, 2.45) is 0 Å². The highest BCUT2D eigenvalue weighted by molar-refractivity contribution is 5.81. The molecule has 3 nitrogen and oxygen atoms in total. The van der Waals surface area contributed by atoms with Gasteiger partial charge in [0.25, 0.3) is 0 Å². The minimum Gasteiger partial charge on any atom is -0.497 e. The van der Waals surface area contributed by atoms with Crippen molar-refractivity contribution in [2.45, 2.75) is 33.2 Å². The maximum absolute atomic E-state index is 11.7. The Morgan fingerprint density at radius 2 is 1.65 bits per heavy atom. The summed E-state index contributed by atoms with van der Waals surface area (Å²) in [4.78, 5) is 11.7. The Labute approximate surface area is 155 Å².